The van der Waals surface area contributed by atoms with Crippen molar-refractivity contribution < 1.29 is 0 Å². The van der Waals surface area contributed by atoms with Crippen molar-refractivity contribution >= 4 is 0 Å². The van der Waals surface area contributed by atoms with Gasteiger partial charge in [-0.15, -0.1) is 0 Å². The second-order valence-electron chi connectivity index (χ2n) is 4.24. The van der Waals surface area contributed by atoms with E-state index in [1.807, 2.05) is 0 Å². The van der Waals surface area contributed by atoms with Crippen LogP contribution in [0.3, 0.4) is 0 Å². The molecule has 15 heavy (non-hydrogen) atoms. The van der Waals surface area contributed by atoms with E-state index in [1.165, 1.54) is 44.1 Å². The highest BCUT2D eigenvalue weighted by atomic mass is 14.1. The van der Waals surface area contributed by atoms with E-state index < -0.39 is 0 Å². The van der Waals surface area contributed by atoms with Crippen LogP contribution >= 0.6 is 0 Å². The Kier molecular flexibility index (Phi) is 6.15. The Morgan fingerprint density at radius 1 is 0.867 bits per heavy atom. The molecule has 0 aliphatic rings. The SMILES string of the molecule is CCC[C](CCC)CCc1ccccc1. The van der Waals surface area contributed by atoms with Gasteiger partial charge in [-0.05, 0) is 37.2 Å². The first-order chi connectivity index (χ1) is 7.36. The van der Waals surface area contributed by atoms with Crippen molar-refractivity contribution in [3.63, 3.8) is 0 Å². The molecule has 0 saturated heterocycles. The molecule has 0 aromatic heterocycles. The fraction of sp³-hybridized carbons (Fsp3) is 0.533. The van der Waals surface area contributed by atoms with Gasteiger partial charge in [0, 0.05) is 0 Å². The van der Waals surface area contributed by atoms with Crippen molar-refractivity contribution in [2.75, 3.05) is 0 Å². The molecule has 0 fully saturated rings. The molecular weight excluding hydrogens is 180 g/mol. The number of aryl methyl sites for hydroxylation is 1. The molecule has 0 amide bonds. The lowest BCUT2D eigenvalue weighted by Gasteiger charge is -2.14. The summed E-state index contributed by atoms with van der Waals surface area (Å²) < 4.78 is 0. The molecule has 0 nitrogen and oxygen atoms in total. The largest absolute Gasteiger partial charge is 0.0654 e. The minimum atomic E-state index is 1.22. The first kappa shape index (κ1) is 12.3. The van der Waals surface area contributed by atoms with Crippen LogP contribution in [0.1, 0.15) is 51.5 Å². The van der Waals surface area contributed by atoms with Gasteiger partial charge in [0.15, 0.2) is 0 Å². The van der Waals surface area contributed by atoms with Crippen molar-refractivity contribution in [1.29, 1.82) is 0 Å². The van der Waals surface area contributed by atoms with Crippen LogP contribution in [-0.4, -0.2) is 0 Å². The van der Waals surface area contributed by atoms with E-state index in [0.29, 0.717) is 0 Å². The highest BCUT2D eigenvalue weighted by Crippen LogP contribution is 2.22. The van der Waals surface area contributed by atoms with Crippen LogP contribution in [0.25, 0.3) is 0 Å². The van der Waals surface area contributed by atoms with Gasteiger partial charge in [0.2, 0.25) is 0 Å². The summed E-state index contributed by atoms with van der Waals surface area (Å²) in [5.74, 6) is 1.75. The van der Waals surface area contributed by atoms with Crippen molar-refractivity contribution in [1.82, 2.24) is 0 Å². The molecule has 0 aliphatic carbocycles. The molecule has 0 N–H and O–H groups in total. The maximum atomic E-state index is 2.28. The molecule has 0 heterocycles. The maximum absolute atomic E-state index is 2.28. The standard InChI is InChI=1S/C15H23/c1-3-8-14(9-4-2)12-13-15-10-6-5-7-11-15/h5-7,10-11H,3-4,8-9,12-13H2,1-2H3. The second kappa shape index (κ2) is 7.50. The molecule has 1 rings (SSSR count). The minimum Gasteiger partial charge on any atom is -0.0654 e. The smallest absolute Gasteiger partial charge is 0.0238 e. The Labute approximate surface area is 94.7 Å². The third-order valence-electron chi connectivity index (χ3n) is 2.82. The summed E-state index contributed by atoms with van der Waals surface area (Å²) in [6.07, 6.45) is 7.73. The lowest BCUT2D eigenvalue weighted by Crippen LogP contribution is -1.99. The van der Waals surface area contributed by atoms with Gasteiger partial charge in [-0.25, -0.2) is 0 Å². The van der Waals surface area contributed by atoms with E-state index in [4.69, 9.17) is 0 Å². The van der Waals surface area contributed by atoms with Crippen molar-refractivity contribution in [3.05, 3.63) is 41.8 Å². The molecule has 1 aromatic carbocycles. The second-order valence-corrected chi connectivity index (χ2v) is 4.24. The van der Waals surface area contributed by atoms with Crippen LogP contribution in [-0.2, 0) is 6.42 Å². The monoisotopic (exact) mass is 203 g/mol. The third kappa shape index (κ3) is 5.01. The van der Waals surface area contributed by atoms with Crippen molar-refractivity contribution in [2.45, 2.75) is 52.4 Å². The molecule has 1 aromatic rings. The molecule has 0 saturated carbocycles. The van der Waals surface area contributed by atoms with E-state index in [9.17, 15) is 0 Å². The zero-order valence-corrected chi connectivity index (χ0v) is 10.1. The molecule has 0 unspecified atom stereocenters. The molecule has 1 radical (unpaired) electrons. The average molecular weight is 203 g/mol. The molecule has 0 heteroatoms. The van der Waals surface area contributed by atoms with Crippen LogP contribution in [0.15, 0.2) is 30.3 Å². The van der Waals surface area contributed by atoms with Crippen LogP contribution in [0.5, 0.6) is 0 Å². The lowest BCUT2D eigenvalue weighted by molar-refractivity contribution is 0.628. The lowest BCUT2D eigenvalue weighted by atomic mass is 9.91. The van der Waals surface area contributed by atoms with Crippen molar-refractivity contribution in [3.8, 4) is 0 Å². The van der Waals surface area contributed by atoms with E-state index >= 15 is 0 Å². The highest BCUT2D eigenvalue weighted by molar-refractivity contribution is 5.15. The Morgan fingerprint density at radius 3 is 2.00 bits per heavy atom. The summed E-state index contributed by atoms with van der Waals surface area (Å²) in [5, 5.41) is 0. The van der Waals surface area contributed by atoms with Gasteiger partial charge in [-0.3, -0.25) is 0 Å². The Bertz CT molecular complexity index is 231. The average Bonchev–Trinajstić information content (AvgIpc) is 2.28. The highest BCUT2D eigenvalue weighted by Gasteiger charge is 2.07. The van der Waals surface area contributed by atoms with E-state index in [0.717, 1.165) is 0 Å². The predicted molar refractivity (Wildman–Crippen MR) is 67.8 cm³/mol. The maximum Gasteiger partial charge on any atom is -0.0238 e. The molecule has 0 spiro atoms. The zero-order valence-electron chi connectivity index (χ0n) is 10.1. The first-order valence-corrected chi connectivity index (χ1v) is 6.24. The normalized spacial score (nSPS) is 10.9. The molecular formula is C15H23. The van der Waals surface area contributed by atoms with Gasteiger partial charge in [0.05, 0.1) is 0 Å². The van der Waals surface area contributed by atoms with Crippen LogP contribution in [0.4, 0.5) is 0 Å². The summed E-state index contributed by atoms with van der Waals surface area (Å²) in [4.78, 5) is 0. The Hall–Kier alpha value is -0.780. The quantitative estimate of drug-likeness (QED) is 0.597. The fourth-order valence-electron chi connectivity index (χ4n) is 2.05. The molecule has 0 aliphatic heterocycles. The van der Waals surface area contributed by atoms with Gasteiger partial charge >= 0.3 is 0 Å². The first-order valence-electron chi connectivity index (χ1n) is 6.24. The molecule has 0 bridgehead atoms. The number of benzene rings is 1. The fourth-order valence-corrected chi connectivity index (χ4v) is 2.05. The summed E-state index contributed by atoms with van der Waals surface area (Å²) in [6.45, 7) is 4.55. The van der Waals surface area contributed by atoms with E-state index in [1.54, 1.807) is 5.92 Å². The van der Waals surface area contributed by atoms with Gasteiger partial charge in [0.1, 0.15) is 0 Å². The molecule has 83 valence electrons. The van der Waals surface area contributed by atoms with Gasteiger partial charge in [-0.1, -0.05) is 57.0 Å². The third-order valence-corrected chi connectivity index (χ3v) is 2.82. The Morgan fingerprint density at radius 2 is 1.47 bits per heavy atom. The number of hydrogen-bond acceptors (Lipinski definition) is 0. The van der Waals surface area contributed by atoms with Crippen LogP contribution in [0.2, 0.25) is 0 Å². The van der Waals surface area contributed by atoms with Gasteiger partial charge in [-0.2, -0.15) is 0 Å². The predicted octanol–water partition coefficient (Wildman–Crippen LogP) is 4.79. The Balaban J connectivity index is 2.33. The molecule has 0 atom stereocenters. The van der Waals surface area contributed by atoms with Gasteiger partial charge in [0.25, 0.3) is 0 Å². The minimum absolute atomic E-state index is 1.22. The van der Waals surface area contributed by atoms with E-state index in [-0.39, 0.29) is 0 Å². The van der Waals surface area contributed by atoms with Crippen LogP contribution in [0, 0.1) is 5.92 Å². The topological polar surface area (TPSA) is 0 Å². The summed E-state index contributed by atoms with van der Waals surface area (Å²) in [5.41, 5.74) is 1.47. The summed E-state index contributed by atoms with van der Waals surface area (Å²) in [6, 6.07) is 10.8. The summed E-state index contributed by atoms with van der Waals surface area (Å²) >= 11 is 0. The zero-order chi connectivity index (χ0) is 10.9. The van der Waals surface area contributed by atoms with Crippen LogP contribution < -0.4 is 0 Å². The van der Waals surface area contributed by atoms with E-state index in [2.05, 4.69) is 44.2 Å². The van der Waals surface area contributed by atoms with Gasteiger partial charge < -0.3 is 0 Å². The van der Waals surface area contributed by atoms with Crippen molar-refractivity contribution in [2.24, 2.45) is 0 Å². The number of rotatable bonds is 7. The summed E-state index contributed by atoms with van der Waals surface area (Å²) in [7, 11) is 0. The number of hydrogen-bond donors (Lipinski definition) is 0.